The highest BCUT2D eigenvalue weighted by Crippen LogP contribution is 2.35. The molecule has 0 aliphatic rings. The highest BCUT2D eigenvalue weighted by Gasteiger charge is 2.32. The van der Waals surface area contributed by atoms with E-state index >= 15 is 0 Å². The lowest BCUT2D eigenvalue weighted by atomic mass is 10.0. The molecule has 16 heavy (non-hydrogen) atoms. The number of quaternary nitrogens is 1. The zero-order valence-electron chi connectivity index (χ0n) is 8.38. The van der Waals surface area contributed by atoms with Crippen LogP contribution in [0.2, 0.25) is 0 Å². The van der Waals surface area contributed by atoms with Gasteiger partial charge in [-0.2, -0.15) is 0 Å². The van der Waals surface area contributed by atoms with Gasteiger partial charge in [-0.3, -0.25) is 4.52 Å². The maximum atomic E-state index is 10.3. The second kappa shape index (κ2) is 6.60. The summed E-state index contributed by atoms with van der Waals surface area (Å²) in [5.74, 6) is 0. The Morgan fingerprint density at radius 1 is 1.19 bits per heavy atom. The van der Waals surface area contributed by atoms with Crippen LogP contribution in [0.4, 0.5) is 0 Å². The minimum absolute atomic E-state index is 0.510. The van der Waals surface area contributed by atoms with E-state index in [1.54, 1.807) is 0 Å². The number of phosphoric acid groups is 1. The molecule has 0 aromatic heterocycles. The van der Waals surface area contributed by atoms with Crippen LogP contribution < -0.4 is 5.73 Å². The third-order valence-electron chi connectivity index (χ3n) is 1.88. The first kappa shape index (κ1) is 15.9. The van der Waals surface area contributed by atoms with E-state index in [-0.39, 0.29) is 0 Å². The number of hydrogen-bond acceptors (Lipinski definition) is 6. The number of aliphatic hydroxyl groups excluding tert-OH is 4. The van der Waals surface area contributed by atoms with E-state index in [9.17, 15) is 19.9 Å². The molecule has 9 nitrogen and oxygen atoms in total. The van der Waals surface area contributed by atoms with Gasteiger partial charge in [-0.25, -0.2) is 4.57 Å². The molecule has 0 heterocycles. The molecule has 0 amide bonds. The second-order valence-electron chi connectivity index (χ2n) is 3.28. The van der Waals surface area contributed by atoms with Crippen LogP contribution in [0.5, 0.6) is 0 Å². The van der Waals surface area contributed by atoms with E-state index in [2.05, 4.69) is 10.3 Å². The van der Waals surface area contributed by atoms with Crippen molar-refractivity contribution in [3.05, 3.63) is 0 Å². The van der Waals surface area contributed by atoms with Gasteiger partial charge in [0.2, 0.25) is 0 Å². The quantitative estimate of drug-likeness (QED) is 0.226. The molecule has 98 valence electrons. The average molecular weight is 262 g/mol. The van der Waals surface area contributed by atoms with Crippen LogP contribution in [0.15, 0.2) is 0 Å². The second-order valence-corrected chi connectivity index (χ2v) is 4.52. The van der Waals surface area contributed by atoms with E-state index in [0.717, 1.165) is 0 Å². The first-order chi connectivity index (χ1) is 7.19. The first-order valence-electron chi connectivity index (χ1n) is 4.37. The summed E-state index contributed by atoms with van der Waals surface area (Å²) in [5.41, 5.74) is 3.30. The molecule has 9 N–H and O–H groups in total. The topological polar surface area (TPSA) is 175 Å². The molecule has 4 atom stereocenters. The van der Waals surface area contributed by atoms with Gasteiger partial charge in [0.05, 0.1) is 13.2 Å². The van der Waals surface area contributed by atoms with Gasteiger partial charge < -0.3 is 35.9 Å². The summed E-state index contributed by atoms with van der Waals surface area (Å²) in [6.45, 7) is -1.36. The molecule has 0 aromatic carbocycles. The Morgan fingerprint density at radius 2 is 1.69 bits per heavy atom. The van der Waals surface area contributed by atoms with Crippen molar-refractivity contribution < 1.29 is 45.0 Å². The summed E-state index contributed by atoms with van der Waals surface area (Å²) in [4.78, 5) is 16.6. The van der Waals surface area contributed by atoms with E-state index in [4.69, 9.17) is 14.9 Å². The zero-order chi connectivity index (χ0) is 12.9. The number of rotatable bonds is 7. The fourth-order valence-electron chi connectivity index (χ4n) is 0.887. The predicted octanol–water partition coefficient (Wildman–Crippen LogP) is -4.22. The van der Waals surface area contributed by atoms with Crippen LogP contribution in [0.25, 0.3) is 0 Å². The molecule has 0 rings (SSSR count). The number of phosphoric ester groups is 1. The minimum atomic E-state index is -4.74. The zero-order valence-corrected chi connectivity index (χ0v) is 9.27. The van der Waals surface area contributed by atoms with Crippen LogP contribution in [0.3, 0.4) is 0 Å². The normalized spacial score (nSPS) is 20.2. The van der Waals surface area contributed by atoms with E-state index in [1.165, 1.54) is 0 Å². The van der Waals surface area contributed by atoms with Crippen LogP contribution in [-0.4, -0.2) is 67.8 Å². The van der Waals surface area contributed by atoms with Gasteiger partial charge in [0.25, 0.3) is 0 Å². The fourth-order valence-corrected chi connectivity index (χ4v) is 1.23. The average Bonchev–Trinajstić information content (AvgIpc) is 2.21. The van der Waals surface area contributed by atoms with Gasteiger partial charge >= 0.3 is 7.82 Å². The monoisotopic (exact) mass is 262 g/mol. The van der Waals surface area contributed by atoms with Crippen molar-refractivity contribution in [3.8, 4) is 0 Å². The van der Waals surface area contributed by atoms with Gasteiger partial charge in [-0.1, -0.05) is 0 Å². The Morgan fingerprint density at radius 3 is 2.06 bits per heavy atom. The van der Waals surface area contributed by atoms with Crippen LogP contribution >= 0.6 is 7.82 Å². The Bertz CT molecular complexity index is 245. The van der Waals surface area contributed by atoms with Crippen LogP contribution in [0.1, 0.15) is 0 Å². The molecule has 0 saturated carbocycles. The van der Waals surface area contributed by atoms with Crippen molar-refractivity contribution >= 4 is 7.82 Å². The van der Waals surface area contributed by atoms with Crippen molar-refractivity contribution in [1.29, 1.82) is 0 Å². The standard InChI is InChI=1S/C6H16NO8P/c7-3(1-8)5(10)6(11)4(9)2-15-16(12,13)14/h3-6,8-11H,1-2,7H2,(H2,12,13,14)/p+1. The van der Waals surface area contributed by atoms with Gasteiger partial charge in [0.15, 0.2) is 0 Å². The summed E-state index contributed by atoms with van der Waals surface area (Å²) >= 11 is 0. The largest absolute Gasteiger partial charge is 0.469 e. The smallest absolute Gasteiger partial charge is 0.390 e. The highest BCUT2D eigenvalue weighted by atomic mass is 31.2. The lowest BCUT2D eigenvalue weighted by molar-refractivity contribution is -0.448. The lowest BCUT2D eigenvalue weighted by Crippen LogP contribution is -2.71. The molecule has 4 unspecified atom stereocenters. The molecule has 0 aromatic rings. The van der Waals surface area contributed by atoms with E-state index in [0.29, 0.717) is 0 Å². The lowest BCUT2D eigenvalue weighted by Gasteiger charge is -2.24. The first-order valence-corrected chi connectivity index (χ1v) is 5.90. The molecule has 0 spiro atoms. The number of aliphatic hydroxyl groups is 4. The van der Waals surface area contributed by atoms with Crippen molar-refractivity contribution in [2.24, 2.45) is 0 Å². The molecular formula is C6H17NO8P+. The Kier molecular flexibility index (Phi) is 6.56. The fraction of sp³-hybridized carbons (Fsp3) is 1.00. The number of hydrogen-bond donors (Lipinski definition) is 7. The highest BCUT2D eigenvalue weighted by molar-refractivity contribution is 7.46. The molecule has 0 aliphatic heterocycles. The van der Waals surface area contributed by atoms with Gasteiger partial charge in [-0.15, -0.1) is 0 Å². The van der Waals surface area contributed by atoms with Crippen molar-refractivity contribution in [2.45, 2.75) is 24.4 Å². The van der Waals surface area contributed by atoms with Crippen molar-refractivity contribution in [3.63, 3.8) is 0 Å². The molecule has 0 saturated heterocycles. The third kappa shape index (κ3) is 5.85. The van der Waals surface area contributed by atoms with Crippen LogP contribution in [-0.2, 0) is 9.09 Å². The summed E-state index contributed by atoms with van der Waals surface area (Å²) in [6, 6.07) is -0.931. The summed E-state index contributed by atoms with van der Waals surface area (Å²) < 4.78 is 14.2. The van der Waals surface area contributed by atoms with E-state index in [1.807, 2.05) is 0 Å². The molecular weight excluding hydrogens is 245 g/mol. The Hall–Kier alpha value is -0.0900. The summed E-state index contributed by atoms with van der Waals surface area (Å²) in [5, 5.41) is 36.4. The maximum absolute atomic E-state index is 10.3. The molecule has 0 radical (unpaired) electrons. The molecule has 0 fully saturated rings. The molecule has 0 aliphatic carbocycles. The minimum Gasteiger partial charge on any atom is -0.390 e. The van der Waals surface area contributed by atoms with Crippen molar-refractivity contribution in [1.82, 2.24) is 0 Å². The van der Waals surface area contributed by atoms with E-state index < -0.39 is 45.4 Å². The SMILES string of the molecule is [NH3+]C(CO)C(O)C(O)C(O)COP(=O)(O)O. The summed E-state index contributed by atoms with van der Waals surface area (Å²) in [6.07, 6.45) is -4.94. The molecule has 10 heteroatoms. The van der Waals surface area contributed by atoms with Crippen LogP contribution in [0, 0.1) is 0 Å². The molecule has 0 bridgehead atoms. The Balaban J connectivity index is 4.17. The predicted molar refractivity (Wildman–Crippen MR) is 49.8 cm³/mol. The van der Waals surface area contributed by atoms with Gasteiger partial charge in [0.1, 0.15) is 24.4 Å². The third-order valence-corrected chi connectivity index (χ3v) is 2.36. The Labute approximate surface area is 91.3 Å². The van der Waals surface area contributed by atoms with Gasteiger partial charge in [-0.05, 0) is 0 Å². The summed E-state index contributed by atoms with van der Waals surface area (Å²) in [7, 11) is -4.74. The van der Waals surface area contributed by atoms with Gasteiger partial charge in [0, 0.05) is 0 Å². The maximum Gasteiger partial charge on any atom is 0.469 e. The van der Waals surface area contributed by atoms with Crippen molar-refractivity contribution in [2.75, 3.05) is 13.2 Å².